The number of carbonyl (C=O) groups is 3. The summed E-state index contributed by atoms with van der Waals surface area (Å²) in [5.74, 6) is -3.82. The Hall–Kier alpha value is -3.02. The number of anilines is 1. The summed E-state index contributed by atoms with van der Waals surface area (Å²) in [5.41, 5.74) is 7.90. The topological polar surface area (TPSA) is 125 Å². The minimum absolute atomic E-state index is 0.0455. The summed E-state index contributed by atoms with van der Waals surface area (Å²) in [4.78, 5) is 36.9. The van der Waals surface area contributed by atoms with E-state index in [2.05, 4.69) is 21.3 Å². The largest absolute Gasteiger partial charge is 0.338 e. The van der Waals surface area contributed by atoms with Crippen LogP contribution in [0.5, 0.6) is 0 Å². The van der Waals surface area contributed by atoms with Crippen LogP contribution in [0.4, 0.5) is 14.5 Å². The highest BCUT2D eigenvalue weighted by Crippen LogP contribution is 2.18. The number of benzene rings is 2. The van der Waals surface area contributed by atoms with Crippen LogP contribution in [0.15, 0.2) is 36.4 Å². The molecule has 6 N–H and O–H groups in total. The van der Waals surface area contributed by atoms with E-state index in [0.717, 1.165) is 41.1 Å². The van der Waals surface area contributed by atoms with E-state index in [9.17, 15) is 23.2 Å². The number of hydrogen-bond acceptors (Lipinski definition) is 6. The number of nitrogens with two attached hydrogens (primary N) is 1. The lowest BCUT2D eigenvalue weighted by Crippen LogP contribution is -2.70. The summed E-state index contributed by atoms with van der Waals surface area (Å²) in [6.45, 7) is 3.86. The predicted molar refractivity (Wildman–Crippen MR) is 118 cm³/mol. The van der Waals surface area contributed by atoms with Crippen molar-refractivity contribution in [3.63, 3.8) is 0 Å². The van der Waals surface area contributed by atoms with Crippen molar-refractivity contribution in [3.05, 3.63) is 64.7 Å². The minimum Gasteiger partial charge on any atom is -0.338 e. The summed E-state index contributed by atoms with van der Waals surface area (Å²) < 4.78 is 26.4. The lowest BCUT2D eigenvalue weighted by Gasteiger charge is -2.35. The molecule has 2 aromatic rings. The molecule has 0 aliphatic carbocycles. The van der Waals surface area contributed by atoms with Gasteiger partial charge in [0.25, 0.3) is 5.91 Å². The molecule has 1 saturated heterocycles. The molecule has 1 aliphatic heterocycles. The van der Waals surface area contributed by atoms with Gasteiger partial charge in [0.2, 0.25) is 11.8 Å². The maximum Gasteiger partial charge on any atom is 0.252 e. The molecule has 11 heteroatoms. The van der Waals surface area contributed by atoms with Gasteiger partial charge in [0.05, 0.1) is 11.9 Å². The first-order valence-electron chi connectivity index (χ1n) is 9.70. The number of nitrogens with one attached hydrogen (secondary N) is 4. The van der Waals surface area contributed by atoms with Crippen molar-refractivity contribution in [1.29, 1.82) is 0 Å². The van der Waals surface area contributed by atoms with Gasteiger partial charge in [-0.15, -0.1) is 11.8 Å². The van der Waals surface area contributed by atoms with Crippen LogP contribution < -0.4 is 27.0 Å². The Labute approximate surface area is 187 Å². The smallest absolute Gasteiger partial charge is 0.252 e. The maximum absolute atomic E-state index is 13.3. The maximum atomic E-state index is 13.3. The van der Waals surface area contributed by atoms with Gasteiger partial charge in [-0.2, -0.15) is 0 Å². The molecule has 2 aromatic carbocycles. The molecule has 8 nitrogen and oxygen atoms in total. The van der Waals surface area contributed by atoms with Crippen molar-refractivity contribution in [3.8, 4) is 0 Å². The van der Waals surface area contributed by atoms with Gasteiger partial charge >= 0.3 is 0 Å². The van der Waals surface area contributed by atoms with Crippen LogP contribution in [0, 0.1) is 25.5 Å². The second kappa shape index (κ2) is 10.1. The number of amides is 3. The van der Waals surface area contributed by atoms with E-state index >= 15 is 0 Å². The van der Waals surface area contributed by atoms with Crippen molar-refractivity contribution >= 4 is 35.2 Å². The van der Waals surface area contributed by atoms with E-state index < -0.39 is 41.2 Å². The number of thioether (sulfide) groups is 1. The molecule has 32 heavy (non-hydrogen) atoms. The number of aryl methyl sites for hydroxylation is 2. The Kier molecular flexibility index (Phi) is 7.44. The van der Waals surface area contributed by atoms with Gasteiger partial charge in [0, 0.05) is 11.3 Å². The highest BCUT2D eigenvalue weighted by atomic mass is 32.2. The lowest BCUT2D eigenvalue weighted by atomic mass is 10.1. The average Bonchev–Trinajstić information content (AvgIpc) is 2.73. The molecule has 0 bridgehead atoms. The lowest BCUT2D eigenvalue weighted by molar-refractivity contribution is -0.125. The van der Waals surface area contributed by atoms with Crippen molar-refractivity contribution in [2.45, 2.75) is 31.6 Å². The third kappa shape index (κ3) is 5.81. The third-order valence-corrected chi connectivity index (χ3v) is 5.78. The molecule has 0 spiro atoms. The Morgan fingerprint density at radius 3 is 2.53 bits per heavy atom. The fourth-order valence-electron chi connectivity index (χ4n) is 3.10. The Morgan fingerprint density at radius 1 is 1.12 bits per heavy atom. The van der Waals surface area contributed by atoms with Crippen LogP contribution in [0.2, 0.25) is 0 Å². The van der Waals surface area contributed by atoms with E-state index in [1.165, 1.54) is 0 Å². The molecule has 3 unspecified atom stereocenters. The standard InChI is InChI=1S/C21H23F2N5O3S/c1-10-3-6-15(11(2)7-10)25-16(29)9-32-21-27-18(24)17(20(31)28-21)26-19(30)12-4-5-13(22)14(23)8-12/h3-8,17-18,21,27H,9,24H2,1-2H3,(H,25,29)(H,26,30)(H,28,31). The molecule has 0 aromatic heterocycles. The quantitative estimate of drug-likeness (QED) is 0.440. The van der Waals surface area contributed by atoms with Gasteiger partial charge in [-0.3, -0.25) is 19.7 Å². The first kappa shape index (κ1) is 23.6. The zero-order valence-corrected chi connectivity index (χ0v) is 18.2. The highest BCUT2D eigenvalue weighted by molar-refractivity contribution is 8.00. The minimum atomic E-state index is -1.18. The predicted octanol–water partition coefficient (Wildman–Crippen LogP) is 1.34. The molecule has 1 heterocycles. The van der Waals surface area contributed by atoms with Crippen LogP contribution in [0.1, 0.15) is 21.5 Å². The van der Waals surface area contributed by atoms with Gasteiger partial charge in [0.15, 0.2) is 11.6 Å². The number of hydrogen-bond donors (Lipinski definition) is 5. The molecular formula is C21H23F2N5O3S. The highest BCUT2D eigenvalue weighted by Gasteiger charge is 2.35. The fraction of sp³-hybridized carbons (Fsp3) is 0.286. The Bertz CT molecular complexity index is 1050. The van der Waals surface area contributed by atoms with Crippen molar-refractivity contribution in [2.75, 3.05) is 11.1 Å². The van der Waals surface area contributed by atoms with Gasteiger partial charge in [-0.1, -0.05) is 17.7 Å². The Morgan fingerprint density at radius 2 is 1.88 bits per heavy atom. The van der Waals surface area contributed by atoms with Crippen LogP contribution in [-0.2, 0) is 9.59 Å². The molecule has 3 rings (SSSR count). The van der Waals surface area contributed by atoms with Crippen molar-refractivity contribution in [2.24, 2.45) is 5.73 Å². The van der Waals surface area contributed by atoms with Gasteiger partial charge in [0.1, 0.15) is 11.5 Å². The first-order valence-corrected chi connectivity index (χ1v) is 10.8. The van der Waals surface area contributed by atoms with E-state index in [1.54, 1.807) is 0 Å². The van der Waals surface area contributed by atoms with Crippen LogP contribution in [0.25, 0.3) is 0 Å². The number of carbonyl (C=O) groups excluding carboxylic acids is 3. The molecule has 3 amide bonds. The van der Waals surface area contributed by atoms with E-state index in [-0.39, 0.29) is 17.2 Å². The van der Waals surface area contributed by atoms with Crippen molar-refractivity contribution < 1.29 is 23.2 Å². The zero-order chi connectivity index (χ0) is 23.4. The number of rotatable bonds is 6. The van der Waals surface area contributed by atoms with Crippen LogP contribution >= 0.6 is 11.8 Å². The molecule has 170 valence electrons. The Balaban J connectivity index is 1.51. The van der Waals surface area contributed by atoms with E-state index in [4.69, 9.17) is 5.73 Å². The van der Waals surface area contributed by atoms with Crippen molar-refractivity contribution in [1.82, 2.24) is 16.0 Å². The summed E-state index contributed by atoms with van der Waals surface area (Å²) >= 11 is 1.12. The van der Waals surface area contributed by atoms with Crippen LogP contribution in [0.3, 0.4) is 0 Å². The SMILES string of the molecule is Cc1ccc(NC(=O)CSC2NC(=O)C(NC(=O)c3ccc(F)c(F)c3)C(N)N2)c(C)c1. The average molecular weight is 464 g/mol. The normalized spacial score (nSPS) is 20.4. The first-order chi connectivity index (χ1) is 15.1. The second-order valence-corrected chi connectivity index (χ2v) is 8.43. The molecule has 0 radical (unpaired) electrons. The summed E-state index contributed by atoms with van der Waals surface area (Å²) in [5, 5.41) is 10.7. The molecule has 1 fully saturated rings. The van der Waals surface area contributed by atoms with Gasteiger partial charge in [-0.25, -0.2) is 8.78 Å². The van der Waals surface area contributed by atoms with Crippen LogP contribution in [-0.4, -0.2) is 41.2 Å². The molecule has 1 aliphatic rings. The van der Waals surface area contributed by atoms with Gasteiger partial charge in [-0.05, 0) is 43.7 Å². The molecular weight excluding hydrogens is 440 g/mol. The fourth-order valence-corrected chi connectivity index (χ4v) is 3.94. The van der Waals surface area contributed by atoms with E-state index in [0.29, 0.717) is 5.69 Å². The molecule has 0 saturated carbocycles. The summed E-state index contributed by atoms with van der Waals surface area (Å²) in [7, 11) is 0. The second-order valence-electron chi connectivity index (χ2n) is 7.34. The number of halogens is 2. The third-order valence-electron chi connectivity index (χ3n) is 4.76. The summed E-state index contributed by atoms with van der Waals surface area (Å²) in [6, 6.07) is 7.18. The zero-order valence-electron chi connectivity index (χ0n) is 17.4. The summed E-state index contributed by atoms with van der Waals surface area (Å²) in [6.07, 6.45) is -0.960. The molecule has 3 atom stereocenters. The van der Waals surface area contributed by atoms with Gasteiger partial charge < -0.3 is 21.7 Å². The monoisotopic (exact) mass is 463 g/mol. The van der Waals surface area contributed by atoms with E-state index in [1.807, 2.05) is 32.0 Å².